The van der Waals surface area contributed by atoms with Crippen LogP contribution < -0.4 is 5.56 Å². The minimum Gasteiger partial charge on any atom is -0.465 e. The van der Waals surface area contributed by atoms with E-state index in [2.05, 4.69) is 9.97 Å². The summed E-state index contributed by atoms with van der Waals surface area (Å²) in [6, 6.07) is 7.08. The fourth-order valence-corrected chi connectivity index (χ4v) is 4.37. The van der Waals surface area contributed by atoms with Crippen molar-refractivity contribution in [3.8, 4) is 0 Å². The lowest BCUT2D eigenvalue weighted by molar-refractivity contribution is 0.106. The summed E-state index contributed by atoms with van der Waals surface area (Å²) in [6.45, 7) is 0.909. The van der Waals surface area contributed by atoms with Crippen molar-refractivity contribution in [1.29, 1.82) is 0 Å². The number of hydrogen-bond donors (Lipinski definition) is 3. The van der Waals surface area contributed by atoms with Crippen LogP contribution in [0, 0.1) is 4.77 Å². The Morgan fingerprint density at radius 2 is 2.14 bits per heavy atom. The van der Waals surface area contributed by atoms with Crippen LogP contribution in [0.25, 0.3) is 11.0 Å². The van der Waals surface area contributed by atoms with Crippen LogP contribution >= 0.6 is 23.8 Å². The Kier molecular flexibility index (Phi) is 4.99. The molecule has 1 unspecified atom stereocenters. The van der Waals surface area contributed by atoms with Crippen molar-refractivity contribution in [2.24, 2.45) is 0 Å². The topological polar surface area (TPSA) is 94.1 Å². The van der Waals surface area contributed by atoms with Gasteiger partial charge < -0.3 is 19.6 Å². The number of aromatic amines is 2. The lowest BCUT2D eigenvalue weighted by Crippen LogP contribution is -2.38. The zero-order valence-corrected chi connectivity index (χ0v) is 16.5. The van der Waals surface area contributed by atoms with E-state index in [1.165, 1.54) is 4.90 Å². The van der Waals surface area contributed by atoms with Gasteiger partial charge in [0.2, 0.25) is 0 Å². The maximum atomic E-state index is 12.1. The molecular weight excluding hydrogens is 400 g/mol. The number of carboxylic acid groups (broad SMARTS) is 1. The van der Waals surface area contributed by atoms with E-state index in [0.717, 1.165) is 30.4 Å². The van der Waals surface area contributed by atoms with Gasteiger partial charge in [0.05, 0.1) is 18.1 Å². The van der Waals surface area contributed by atoms with Crippen LogP contribution in [0.5, 0.6) is 0 Å². The number of carbonyl (C=O) groups is 1. The van der Waals surface area contributed by atoms with Crippen molar-refractivity contribution in [3.05, 3.63) is 61.7 Å². The SMILES string of the molecule is O=C(O)N1CCCCC1c1cc(Cl)ccc1Cn1c(=S)[nH]c(=O)c2[nH]ccc21. The van der Waals surface area contributed by atoms with Crippen molar-refractivity contribution >= 4 is 40.9 Å². The largest absolute Gasteiger partial charge is 0.465 e. The third kappa shape index (κ3) is 3.33. The average Bonchev–Trinajstić information content (AvgIpc) is 3.16. The van der Waals surface area contributed by atoms with Gasteiger partial charge in [-0.05, 0) is 60.8 Å². The monoisotopic (exact) mass is 418 g/mol. The molecule has 3 aromatic rings. The zero-order chi connectivity index (χ0) is 19.8. The van der Waals surface area contributed by atoms with E-state index in [9.17, 15) is 14.7 Å². The third-order valence-electron chi connectivity index (χ3n) is 5.25. The van der Waals surface area contributed by atoms with E-state index in [1.807, 2.05) is 16.7 Å². The molecule has 0 saturated carbocycles. The quantitative estimate of drug-likeness (QED) is 0.553. The van der Waals surface area contributed by atoms with Crippen molar-refractivity contribution in [3.63, 3.8) is 0 Å². The highest BCUT2D eigenvalue weighted by molar-refractivity contribution is 7.71. The molecular formula is C19H19ClN4O3S. The molecule has 0 bridgehead atoms. The highest BCUT2D eigenvalue weighted by Gasteiger charge is 2.29. The van der Waals surface area contributed by atoms with E-state index < -0.39 is 6.09 Å². The predicted molar refractivity (Wildman–Crippen MR) is 110 cm³/mol. The van der Waals surface area contributed by atoms with E-state index in [0.29, 0.717) is 33.9 Å². The molecule has 1 aliphatic rings. The first-order chi connectivity index (χ1) is 13.5. The normalized spacial score (nSPS) is 17.2. The molecule has 1 aliphatic heterocycles. The molecule has 1 fully saturated rings. The van der Waals surface area contributed by atoms with Crippen LogP contribution in [-0.2, 0) is 6.54 Å². The first-order valence-electron chi connectivity index (χ1n) is 9.04. The lowest BCUT2D eigenvalue weighted by atomic mass is 9.92. The maximum Gasteiger partial charge on any atom is 0.407 e. The summed E-state index contributed by atoms with van der Waals surface area (Å²) in [5.41, 5.74) is 2.70. The van der Waals surface area contributed by atoms with Crippen molar-refractivity contribution in [1.82, 2.24) is 19.4 Å². The number of nitrogens with one attached hydrogen (secondary N) is 2. The summed E-state index contributed by atoms with van der Waals surface area (Å²) in [4.78, 5) is 30.9. The fraction of sp³-hybridized carbons (Fsp3) is 0.316. The molecule has 28 heavy (non-hydrogen) atoms. The lowest BCUT2D eigenvalue weighted by Gasteiger charge is -2.35. The number of benzene rings is 1. The molecule has 1 aromatic carbocycles. The molecule has 0 aliphatic carbocycles. The van der Waals surface area contributed by atoms with Crippen LogP contribution in [0.15, 0.2) is 35.3 Å². The Morgan fingerprint density at radius 1 is 1.32 bits per heavy atom. The zero-order valence-electron chi connectivity index (χ0n) is 14.9. The molecule has 0 spiro atoms. The Hall–Kier alpha value is -2.58. The molecule has 1 saturated heterocycles. The number of amides is 1. The van der Waals surface area contributed by atoms with Gasteiger partial charge in [0.15, 0.2) is 4.77 Å². The van der Waals surface area contributed by atoms with E-state index in [1.54, 1.807) is 18.3 Å². The second kappa shape index (κ2) is 7.44. The van der Waals surface area contributed by atoms with Crippen LogP contribution in [0.4, 0.5) is 4.79 Å². The van der Waals surface area contributed by atoms with Gasteiger partial charge in [-0.15, -0.1) is 0 Å². The summed E-state index contributed by atoms with van der Waals surface area (Å²) in [7, 11) is 0. The van der Waals surface area contributed by atoms with Gasteiger partial charge in [-0.25, -0.2) is 4.79 Å². The summed E-state index contributed by atoms with van der Waals surface area (Å²) in [6.07, 6.45) is 3.33. The van der Waals surface area contributed by atoms with Crippen LogP contribution in [0.1, 0.15) is 36.4 Å². The standard InChI is InChI=1S/C19H19ClN4O3S/c20-12-5-4-11(13(9-12)14-3-1-2-8-23(14)19(26)27)10-24-15-6-7-21-16(15)17(25)22-18(24)28/h4-7,9,14,21H,1-3,8,10H2,(H,26,27)(H,22,25,28). The number of nitrogens with zero attached hydrogens (tertiary/aromatic N) is 2. The van der Waals surface area contributed by atoms with Crippen molar-refractivity contribution in [2.45, 2.75) is 31.8 Å². The number of hydrogen-bond acceptors (Lipinski definition) is 3. The molecule has 2 aromatic heterocycles. The molecule has 9 heteroatoms. The van der Waals surface area contributed by atoms with Gasteiger partial charge in [0.1, 0.15) is 5.52 Å². The number of fused-ring (bicyclic) bond motifs is 1. The molecule has 0 radical (unpaired) electrons. The van der Waals surface area contributed by atoms with Gasteiger partial charge in [-0.3, -0.25) is 9.78 Å². The highest BCUT2D eigenvalue weighted by atomic mass is 35.5. The summed E-state index contributed by atoms with van der Waals surface area (Å²) >= 11 is 11.6. The van der Waals surface area contributed by atoms with Crippen LogP contribution in [-0.4, -0.2) is 37.2 Å². The smallest absolute Gasteiger partial charge is 0.407 e. The van der Waals surface area contributed by atoms with Crippen molar-refractivity contribution < 1.29 is 9.90 Å². The first-order valence-corrected chi connectivity index (χ1v) is 9.82. The minimum atomic E-state index is -0.927. The van der Waals surface area contributed by atoms with Gasteiger partial charge in [0, 0.05) is 17.8 Å². The predicted octanol–water partition coefficient (Wildman–Crippen LogP) is 4.29. The van der Waals surface area contributed by atoms with E-state index in [-0.39, 0.29) is 11.6 Å². The van der Waals surface area contributed by atoms with Crippen LogP contribution in [0.2, 0.25) is 5.02 Å². The third-order valence-corrected chi connectivity index (χ3v) is 5.81. The second-order valence-corrected chi connectivity index (χ2v) is 7.74. The minimum absolute atomic E-state index is 0.251. The average molecular weight is 419 g/mol. The summed E-state index contributed by atoms with van der Waals surface area (Å²) in [5.74, 6) is 0. The molecule has 146 valence electrons. The Balaban J connectivity index is 1.82. The fourth-order valence-electron chi connectivity index (χ4n) is 3.94. The number of piperidine rings is 1. The Labute approximate surface area is 170 Å². The molecule has 7 nitrogen and oxygen atoms in total. The summed E-state index contributed by atoms with van der Waals surface area (Å²) < 4.78 is 2.15. The number of likely N-dealkylation sites (tertiary alicyclic amines) is 1. The second-order valence-electron chi connectivity index (χ2n) is 6.91. The maximum absolute atomic E-state index is 12.1. The van der Waals surface area contributed by atoms with Gasteiger partial charge in [-0.2, -0.15) is 0 Å². The molecule has 3 N–H and O–H groups in total. The van der Waals surface area contributed by atoms with Crippen LogP contribution in [0.3, 0.4) is 0 Å². The Bertz CT molecular complexity index is 1170. The molecule has 1 atom stereocenters. The van der Waals surface area contributed by atoms with Crippen molar-refractivity contribution in [2.75, 3.05) is 6.54 Å². The van der Waals surface area contributed by atoms with E-state index in [4.69, 9.17) is 23.8 Å². The number of rotatable bonds is 3. The molecule has 3 heterocycles. The highest BCUT2D eigenvalue weighted by Crippen LogP contribution is 2.35. The first kappa shape index (κ1) is 18.8. The Morgan fingerprint density at radius 3 is 2.93 bits per heavy atom. The number of halogens is 1. The summed E-state index contributed by atoms with van der Waals surface area (Å²) in [5, 5.41) is 10.2. The molecule has 1 amide bonds. The van der Waals surface area contributed by atoms with E-state index >= 15 is 0 Å². The van der Waals surface area contributed by atoms with Gasteiger partial charge in [-0.1, -0.05) is 17.7 Å². The number of H-pyrrole nitrogens is 2. The van der Waals surface area contributed by atoms with Gasteiger partial charge in [0.25, 0.3) is 5.56 Å². The molecule has 4 rings (SSSR count). The number of aromatic nitrogens is 3. The van der Waals surface area contributed by atoms with Gasteiger partial charge >= 0.3 is 6.09 Å².